The summed E-state index contributed by atoms with van der Waals surface area (Å²) < 4.78 is 11.6. The van der Waals surface area contributed by atoms with Crippen molar-refractivity contribution in [3.63, 3.8) is 0 Å². The number of nitrogens with zero attached hydrogens (tertiary/aromatic N) is 1. The van der Waals surface area contributed by atoms with E-state index >= 15 is 0 Å². The third kappa shape index (κ3) is 3.87. The van der Waals surface area contributed by atoms with Crippen molar-refractivity contribution in [1.29, 1.82) is 0 Å². The average molecular weight is 401 g/mol. The van der Waals surface area contributed by atoms with Gasteiger partial charge < -0.3 is 14.8 Å². The molecule has 4 aliphatic rings. The molecule has 6 heteroatoms. The molecule has 0 spiro atoms. The largest absolute Gasteiger partial charge is 0.459 e. The Morgan fingerprint density at radius 2 is 1.93 bits per heavy atom. The van der Waals surface area contributed by atoms with Crippen molar-refractivity contribution < 1.29 is 19.1 Å². The summed E-state index contributed by atoms with van der Waals surface area (Å²) in [4.78, 5) is 28.6. The van der Waals surface area contributed by atoms with E-state index in [4.69, 9.17) is 9.47 Å². The van der Waals surface area contributed by atoms with Gasteiger partial charge in [0.25, 0.3) is 0 Å². The van der Waals surface area contributed by atoms with Crippen molar-refractivity contribution >= 4 is 12.1 Å². The van der Waals surface area contributed by atoms with E-state index in [0.717, 1.165) is 55.6 Å². The molecule has 158 valence electrons. The number of fused-ring (bicyclic) bond motifs is 4. The van der Waals surface area contributed by atoms with E-state index in [1.807, 2.05) is 45.9 Å². The number of aryl methyl sites for hydroxylation is 1. The van der Waals surface area contributed by atoms with Gasteiger partial charge in [0.1, 0.15) is 11.7 Å². The second kappa shape index (κ2) is 7.31. The maximum absolute atomic E-state index is 13.6. The SMILES string of the molecule is Cc1cccc2c1CCC2(NC(=O)OC(C)(C)C)C(=O)O[C@H]1CN2CCC1CC2. The zero-order valence-electron chi connectivity index (χ0n) is 17.9. The van der Waals surface area contributed by atoms with Crippen molar-refractivity contribution in [3.05, 3.63) is 34.9 Å². The van der Waals surface area contributed by atoms with Crippen LogP contribution < -0.4 is 5.32 Å². The topological polar surface area (TPSA) is 67.9 Å². The molecule has 2 bridgehead atoms. The first-order valence-electron chi connectivity index (χ1n) is 10.7. The van der Waals surface area contributed by atoms with E-state index in [2.05, 4.69) is 10.2 Å². The molecule has 1 amide bonds. The lowest BCUT2D eigenvalue weighted by molar-refractivity contribution is -0.167. The van der Waals surface area contributed by atoms with E-state index in [1.54, 1.807) is 0 Å². The summed E-state index contributed by atoms with van der Waals surface area (Å²) in [5.41, 5.74) is 1.27. The molecular weight excluding hydrogens is 368 g/mol. The highest BCUT2D eigenvalue weighted by Gasteiger charge is 2.51. The molecule has 3 fully saturated rings. The number of carbonyl (C=O) groups is 2. The number of nitrogens with one attached hydrogen (secondary N) is 1. The molecule has 3 saturated heterocycles. The first-order valence-corrected chi connectivity index (χ1v) is 10.7. The van der Waals surface area contributed by atoms with Crippen LogP contribution in [0.15, 0.2) is 18.2 Å². The first kappa shape index (κ1) is 20.2. The van der Waals surface area contributed by atoms with Crippen LogP contribution in [0.2, 0.25) is 0 Å². The number of alkyl carbamates (subject to hydrolysis) is 1. The molecule has 6 nitrogen and oxygen atoms in total. The van der Waals surface area contributed by atoms with E-state index in [-0.39, 0.29) is 12.1 Å². The van der Waals surface area contributed by atoms with Crippen LogP contribution in [-0.2, 0) is 26.2 Å². The van der Waals surface area contributed by atoms with Crippen LogP contribution >= 0.6 is 0 Å². The predicted molar refractivity (Wildman–Crippen MR) is 110 cm³/mol. The number of hydrogen-bond acceptors (Lipinski definition) is 5. The minimum absolute atomic E-state index is 0.101. The summed E-state index contributed by atoms with van der Waals surface area (Å²) in [7, 11) is 0. The molecule has 0 radical (unpaired) electrons. The van der Waals surface area contributed by atoms with Crippen LogP contribution in [-0.4, -0.2) is 48.3 Å². The lowest BCUT2D eigenvalue weighted by Crippen LogP contribution is -2.57. The third-order valence-electron chi connectivity index (χ3n) is 6.54. The maximum atomic E-state index is 13.6. The number of rotatable bonds is 3. The Morgan fingerprint density at radius 1 is 1.21 bits per heavy atom. The van der Waals surface area contributed by atoms with Crippen LogP contribution in [0, 0.1) is 12.8 Å². The minimum atomic E-state index is -1.18. The zero-order chi connectivity index (χ0) is 20.8. The van der Waals surface area contributed by atoms with Crippen LogP contribution in [0.4, 0.5) is 4.79 Å². The van der Waals surface area contributed by atoms with Gasteiger partial charge in [-0.05, 0) is 89.1 Å². The highest BCUT2D eigenvalue weighted by molar-refractivity contribution is 5.89. The zero-order valence-corrected chi connectivity index (χ0v) is 17.9. The fourth-order valence-electron chi connectivity index (χ4n) is 5.03. The van der Waals surface area contributed by atoms with Gasteiger partial charge in [0.2, 0.25) is 0 Å². The van der Waals surface area contributed by atoms with Gasteiger partial charge in [-0.3, -0.25) is 4.90 Å². The molecule has 2 atom stereocenters. The van der Waals surface area contributed by atoms with E-state index < -0.39 is 17.2 Å². The normalized spacial score (nSPS) is 30.6. The number of amides is 1. The van der Waals surface area contributed by atoms with Gasteiger partial charge in [0, 0.05) is 6.54 Å². The number of hydrogen-bond donors (Lipinski definition) is 1. The Morgan fingerprint density at radius 3 is 2.55 bits per heavy atom. The Labute approximate surface area is 172 Å². The molecule has 29 heavy (non-hydrogen) atoms. The third-order valence-corrected chi connectivity index (χ3v) is 6.54. The first-order chi connectivity index (χ1) is 13.7. The fourth-order valence-corrected chi connectivity index (χ4v) is 5.03. The van der Waals surface area contributed by atoms with E-state index in [1.165, 1.54) is 0 Å². The Hall–Kier alpha value is -2.08. The van der Waals surface area contributed by atoms with Gasteiger partial charge in [-0.15, -0.1) is 0 Å². The highest BCUT2D eigenvalue weighted by atomic mass is 16.6. The molecule has 3 aliphatic heterocycles. The summed E-state index contributed by atoms with van der Waals surface area (Å²) in [5, 5.41) is 2.92. The van der Waals surface area contributed by atoms with Crippen molar-refractivity contribution in [2.24, 2.45) is 5.92 Å². The van der Waals surface area contributed by atoms with Crippen molar-refractivity contribution in [2.75, 3.05) is 19.6 Å². The molecule has 0 aromatic heterocycles. The monoisotopic (exact) mass is 400 g/mol. The van der Waals surface area contributed by atoms with Crippen LogP contribution in [0.1, 0.15) is 56.7 Å². The molecule has 1 aliphatic carbocycles. The summed E-state index contributed by atoms with van der Waals surface area (Å²) in [6.07, 6.45) is 2.67. The summed E-state index contributed by atoms with van der Waals surface area (Å²) in [6, 6.07) is 5.91. The number of piperidine rings is 3. The Bertz CT molecular complexity index is 808. The fraction of sp³-hybridized carbons (Fsp3) is 0.652. The van der Waals surface area contributed by atoms with Crippen molar-refractivity contribution in [2.45, 2.75) is 70.6 Å². The quantitative estimate of drug-likeness (QED) is 0.789. The summed E-state index contributed by atoms with van der Waals surface area (Å²) in [6.45, 7) is 10.5. The van der Waals surface area contributed by atoms with Gasteiger partial charge in [-0.1, -0.05) is 18.2 Å². The predicted octanol–water partition coefficient (Wildman–Crippen LogP) is 3.30. The lowest BCUT2D eigenvalue weighted by Gasteiger charge is -2.45. The summed E-state index contributed by atoms with van der Waals surface area (Å²) in [5.74, 6) is 0.0624. The van der Waals surface area contributed by atoms with Gasteiger partial charge in [0.15, 0.2) is 5.54 Å². The minimum Gasteiger partial charge on any atom is -0.459 e. The van der Waals surface area contributed by atoms with E-state index in [9.17, 15) is 9.59 Å². The van der Waals surface area contributed by atoms with E-state index in [0.29, 0.717) is 12.3 Å². The smallest absolute Gasteiger partial charge is 0.408 e. The number of benzene rings is 1. The average Bonchev–Trinajstić information content (AvgIpc) is 3.02. The lowest BCUT2D eigenvalue weighted by atomic mass is 9.85. The molecule has 1 aromatic rings. The molecular formula is C23H32N2O4. The molecule has 1 unspecified atom stereocenters. The van der Waals surface area contributed by atoms with Crippen LogP contribution in [0.25, 0.3) is 0 Å². The van der Waals surface area contributed by atoms with Crippen molar-refractivity contribution in [1.82, 2.24) is 10.2 Å². The Kier molecular flexibility index (Phi) is 5.09. The molecule has 1 N–H and O–H groups in total. The standard InChI is InChI=1S/C23H32N2O4/c1-15-6-5-7-18-17(15)8-11-23(18,24-21(27)29-22(2,3)4)20(26)28-19-14-25-12-9-16(19)10-13-25/h5-7,16,19H,8-14H2,1-4H3,(H,24,27)/t19-,23?/m0/s1. The molecule has 5 rings (SSSR count). The van der Waals surface area contributed by atoms with Gasteiger partial charge in [-0.25, -0.2) is 9.59 Å². The summed E-state index contributed by atoms with van der Waals surface area (Å²) >= 11 is 0. The van der Waals surface area contributed by atoms with Crippen LogP contribution in [0.3, 0.4) is 0 Å². The molecule has 1 aromatic carbocycles. The second-order valence-electron chi connectivity index (χ2n) is 9.72. The number of ether oxygens (including phenoxy) is 2. The van der Waals surface area contributed by atoms with Gasteiger partial charge in [-0.2, -0.15) is 0 Å². The van der Waals surface area contributed by atoms with Gasteiger partial charge in [0.05, 0.1) is 0 Å². The maximum Gasteiger partial charge on any atom is 0.408 e. The van der Waals surface area contributed by atoms with Crippen LogP contribution in [0.5, 0.6) is 0 Å². The Balaban J connectivity index is 1.62. The highest BCUT2D eigenvalue weighted by Crippen LogP contribution is 2.41. The van der Waals surface area contributed by atoms with Gasteiger partial charge >= 0.3 is 12.1 Å². The van der Waals surface area contributed by atoms with Crippen molar-refractivity contribution in [3.8, 4) is 0 Å². The number of carbonyl (C=O) groups excluding carboxylic acids is 2. The molecule has 3 heterocycles. The number of esters is 1. The molecule has 0 saturated carbocycles. The second-order valence-corrected chi connectivity index (χ2v) is 9.72.